The second-order valence-corrected chi connectivity index (χ2v) is 6.37. The van der Waals surface area contributed by atoms with Crippen LogP contribution in [0.3, 0.4) is 0 Å². The van der Waals surface area contributed by atoms with Gasteiger partial charge in [-0.2, -0.15) is 5.10 Å². The highest BCUT2D eigenvalue weighted by molar-refractivity contribution is 6.00. The van der Waals surface area contributed by atoms with Crippen molar-refractivity contribution in [2.75, 3.05) is 10.6 Å². The Bertz CT molecular complexity index is 690. The second kappa shape index (κ2) is 5.83. The number of hydrogen-bond donors (Lipinski definition) is 2. The number of para-hydroxylation sites is 1. The van der Waals surface area contributed by atoms with Crippen LogP contribution in [0.1, 0.15) is 27.2 Å². The van der Waals surface area contributed by atoms with E-state index >= 15 is 0 Å². The molecular weight excluding hydrogens is 276 g/mol. The lowest BCUT2D eigenvalue weighted by atomic mass is 10.1. The third-order valence-electron chi connectivity index (χ3n) is 3.72. The summed E-state index contributed by atoms with van der Waals surface area (Å²) in [6, 6.07) is 6.06. The molecule has 1 aliphatic heterocycles. The summed E-state index contributed by atoms with van der Waals surface area (Å²) in [4.78, 5) is 11.9. The standard InChI is InChI=1S/C17H22N4O/c1-11(2)9-21-10-13(8-18-21)14-5-4-6-15-17(14)19-12(3)7-16(22)20-15/h4-6,8,10-12,19H,7,9H2,1-3H3,(H,20,22)/t12-/m1/s1. The SMILES string of the molecule is CC(C)Cn1cc(-c2cccc3c2N[C@H](C)CC(=O)N3)cn1. The van der Waals surface area contributed by atoms with Crippen molar-refractivity contribution in [2.24, 2.45) is 5.92 Å². The normalized spacial score (nSPS) is 17.6. The second-order valence-electron chi connectivity index (χ2n) is 6.37. The highest BCUT2D eigenvalue weighted by Crippen LogP contribution is 2.36. The van der Waals surface area contributed by atoms with Crippen molar-refractivity contribution in [1.82, 2.24) is 9.78 Å². The van der Waals surface area contributed by atoms with E-state index in [1.807, 2.05) is 29.9 Å². The number of carbonyl (C=O) groups excluding carboxylic acids is 1. The summed E-state index contributed by atoms with van der Waals surface area (Å²) in [5.74, 6) is 0.601. The molecule has 2 aromatic rings. The van der Waals surface area contributed by atoms with Crippen molar-refractivity contribution in [1.29, 1.82) is 0 Å². The van der Waals surface area contributed by atoms with E-state index < -0.39 is 0 Å². The minimum atomic E-state index is 0.0476. The zero-order valence-electron chi connectivity index (χ0n) is 13.3. The molecule has 2 heterocycles. The number of anilines is 2. The summed E-state index contributed by atoms with van der Waals surface area (Å²) in [7, 11) is 0. The maximum absolute atomic E-state index is 11.9. The lowest BCUT2D eigenvalue weighted by Crippen LogP contribution is -2.19. The highest BCUT2D eigenvalue weighted by atomic mass is 16.1. The zero-order chi connectivity index (χ0) is 15.7. The van der Waals surface area contributed by atoms with Gasteiger partial charge in [-0.25, -0.2) is 0 Å². The van der Waals surface area contributed by atoms with E-state index in [1.54, 1.807) is 0 Å². The monoisotopic (exact) mass is 298 g/mol. The molecule has 0 bridgehead atoms. The number of amides is 1. The van der Waals surface area contributed by atoms with Gasteiger partial charge < -0.3 is 10.6 Å². The summed E-state index contributed by atoms with van der Waals surface area (Å²) in [5, 5.41) is 10.9. The van der Waals surface area contributed by atoms with Gasteiger partial charge in [0.05, 0.1) is 17.6 Å². The van der Waals surface area contributed by atoms with Gasteiger partial charge in [0.15, 0.2) is 0 Å². The first-order valence-corrected chi connectivity index (χ1v) is 7.75. The molecule has 116 valence electrons. The molecule has 2 N–H and O–H groups in total. The molecule has 0 radical (unpaired) electrons. The number of carbonyl (C=O) groups is 1. The van der Waals surface area contributed by atoms with Crippen molar-refractivity contribution < 1.29 is 4.79 Å². The van der Waals surface area contributed by atoms with Gasteiger partial charge in [-0.1, -0.05) is 26.0 Å². The Morgan fingerprint density at radius 2 is 2.23 bits per heavy atom. The number of nitrogens with one attached hydrogen (secondary N) is 2. The maximum atomic E-state index is 11.9. The lowest BCUT2D eigenvalue weighted by Gasteiger charge is -2.15. The maximum Gasteiger partial charge on any atom is 0.226 e. The van der Waals surface area contributed by atoms with E-state index in [0.717, 1.165) is 29.0 Å². The van der Waals surface area contributed by atoms with Crippen LogP contribution in [0.25, 0.3) is 11.1 Å². The smallest absolute Gasteiger partial charge is 0.226 e. The molecule has 0 saturated carbocycles. The molecular formula is C17H22N4O. The molecule has 1 aromatic carbocycles. The molecule has 5 nitrogen and oxygen atoms in total. The molecule has 0 aliphatic carbocycles. The number of nitrogens with zero attached hydrogens (tertiary/aromatic N) is 2. The number of benzene rings is 1. The highest BCUT2D eigenvalue weighted by Gasteiger charge is 2.20. The number of hydrogen-bond acceptors (Lipinski definition) is 3. The molecule has 5 heteroatoms. The van der Waals surface area contributed by atoms with Gasteiger partial charge in [0.1, 0.15) is 0 Å². The molecule has 1 aliphatic rings. The Kier molecular flexibility index (Phi) is 3.88. The van der Waals surface area contributed by atoms with E-state index in [1.165, 1.54) is 0 Å². The average Bonchev–Trinajstić information content (AvgIpc) is 2.81. The third-order valence-corrected chi connectivity index (χ3v) is 3.72. The fourth-order valence-electron chi connectivity index (χ4n) is 2.81. The van der Waals surface area contributed by atoms with Crippen molar-refractivity contribution in [3.63, 3.8) is 0 Å². The minimum Gasteiger partial charge on any atom is -0.380 e. The number of rotatable bonds is 3. The Hall–Kier alpha value is -2.30. The summed E-state index contributed by atoms with van der Waals surface area (Å²) in [5.41, 5.74) is 3.95. The summed E-state index contributed by atoms with van der Waals surface area (Å²) in [6.07, 6.45) is 4.42. The van der Waals surface area contributed by atoms with Crippen LogP contribution >= 0.6 is 0 Å². The van der Waals surface area contributed by atoms with Crippen LogP contribution in [0.15, 0.2) is 30.6 Å². The van der Waals surface area contributed by atoms with E-state index in [0.29, 0.717) is 12.3 Å². The summed E-state index contributed by atoms with van der Waals surface area (Å²) in [6.45, 7) is 7.27. The van der Waals surface area contributed by atoms with Crippen molar-refractivity contribution >= 4 is 17.3 Å². The average molecular weight is 298 g/mol. The molecule has 1 atom stereocenters. The van der Waals surface area contributed by atoms with E-state index in [9.17, 15) is 4.79 Å². The fraction of sp³-hybridized carbons (Fsp3) is 0.412. The Labute approximate surface area is 130 Å². The van der Waals surface area contributed by atoms with Crippen molar-refractivity contribution in [3.8, 4) is 11.1 Å². The summed E-state index contributed by atoms with van der Waals surface area (Å²) < 4.78 is 1.97. The van der Waals surface area contributed by atoms with E-state index in [-0.39, 0.29) is 11.9 Å². The Balaban J connectivity index is 2.00. The minimum absolute atomic E-state index is 0.0476. The van der Waals surface area contributed by atoms with Crippen LogP contribution in [-0.4, -0.2) is 21.7 Å². The van der Waals surface area contributed by atoms with Gasteiger partial charge in [0, 0.05) is 36.3 Å². The number of aromatic nitrogens is 2. The van der Waals surface area contributed by atoms with Crippen LogP contribution in [0.2, 0.25) is 0 Å². The van der Waals surface area contributed by atoms with Gasteiger partial charge in [0.2, 0.25) is 5.91 Å². The molecule has 0 fully saturated rings. The van der Waals surface area contributed by atoms with Gasteiger partial charge in [-0.15, -0.1) is 0 Å². The first-order chi connectivity index (χ1) is 10.5. The van der Waals surface area contributed by atoms with E-state index in [4.69, 9.17) is 0 Å². The molecule has 0 unspecified atom stereocenters. The van der Waals surface area contributed by atoms with Crippen molar-refractivity contribution in [2.45, 2.75) is 39.8 Å². The van der Waals surface area contributed by atoms with Gasteiger partial charge in [-0.05, 0) is 18.9 Å². The largest absolute Gasteiger partial charge is 0.380 e. The Morgan fingerprint density at radius 3 is 3.00 bits per heavy atom. The molecule has 0 saturated heterocycles. The van der Waals surface area contributed by atoms with Gasteiger partial charge in [-0.3, -0.25) is 9.48 Å². The van der Waals surface area contributed by atoms with Crippen LogP contribution in [0, 0.1) is 5.92 Å². The Morgan fingerprint density at radius 1 is 1.41 bits per heavy atom. The molecule has 1 aromatic heterocycles. The van der Waals surface area contributed by atoms with Gasteiger partial charge >= 0.3 is 0 Å². The summed E-state index contributed by atoms with van der Waals surface area (Å²) >= 11 is 0. The quantitative estimate of drug-likeness (QED) is 0.913. The predicted molar refractivity (Wildman–Crippen MR) is 88.8 cm³/mol. The first kappa shape index (κ1) is 14.6. The lowest BCUT2D eigenvalue weighted by molar-refractivity contribution is -0.116. The van der Waals surface area contributed by atoms with Crippen LogP contribution < -0.4 is 10.6 Å². The van der Waals surface area contributed by atoms with Crippen LogP contribution in [-0.2, 0) is 11.3 Å². The van der Waals surface area contributed by atoms with Crippen LogP contribution in [0.5, 0.6) is 0 Å². The molecule has 1 amide bonds. The van der Waals surface area contributed by atoms with E-state index in [2.05, 4.69) is 41.8 Å². The molecule has 3 rings (SSSR count). The number of fused-ring (bicyclic) bond motifs is 1. The molecule has 22 heavy (non-hydrogen) atoms. The predicted octanol–water partition coefficient (Wildman–Crippen LogP) is 3.35. The topological polar surface area (TPSA) is 59.0 Å². The molecule has 0 spiro atoms. The fourth-order valence-corrected chi connectivity index (χ4v) is 2.81. The van der Waals surface area contributed by atoms with Gasteiger partial charge in [0.25, 0.3) is 0 Å². The van der Waals surface area contributed by atoms with Crippen molar-refractivity contribution in [3.05, 3.63) is 30.6 Å². The third kappa shape index (κ3) is 2.98. The first-order valence-electron chi connectivity index (χ1n) is 7.75. The zero-order valence-corrected chi connectivity index (χ0v) is 13.3. The van der Waals surface area contributed by atoms with Crippen LogP contribution in [0.4, 0.5) is 11.4 Å².